The van der Waals surface area contributed by atoms with Gasteiger partial charge in [0.15, 0.2) is 18.9 Å². The van der Waals surface area contributed by atoms with Crippen LogP contribution in [0, 0.1) is 91.7 Å². The second kappa shape index (κ2) is 24.7. The molecule has 0 aromatic heterocycles. The number of rotatable bonds is 17. The van der Waals surface area contributed by atoms with Gasteiger partial charge in [-0.15, -0.1) is 0 Å². The quantitative estimate of drug-likeness (QED) is 0.0736. The Labute approximate surface area is 511 Å². The topological polar surface area (TPSA) is 108 Å². The Morgan fingerprint density at radius 3 is 1.89 bits per heavy atom. The van der Waals surface area contributed by atoms with Gasteiger partial charge in [-0.1, -0.05) is 193 Å². The summed E-state index contributed by atoms with van der Waals surface area (Å²) in [5.41, 5.74) is 3.72. The normalized spacial score (nSPS) is 45.0. The van der Waals surface area contributed by atoms with Crippen LogP contribution < -0.4 is 0 Å². The minimum absolute atomic E-state index is 0.00525. The van der Waals surface area contributed by atoms with Crippen LogP contribution in [0.1, 0.15) is 171 Å². The molecule has 5 aliphatic carbocycles. The molecule has 24 atom stereocenters. The van der Waals surface area contributed by atoms with Crippen molar-refractivity contribution in [1.82, 2.24) is 0 Å². The van der Waals surface area contributed by atoms with Gasteiger partial charge in [0.05, 0.1) is 56.3 Å². The van der Waals surface area contributed by atoms with Gasteiger partial charge in [0, 0.05) is 17.3 Å². The van der Waals surface area contributed by atoms with Crippen molar-refractivity contribution >= 4 is 12.1 Å². The van der Waals surface area contributed by atoms with Crippen molar-refractivity contribution in [1.29, 1.82) is 0 Å². The number of hydrogen-bond acceptors (Lipinski definition) is 10. The van der Waals surface area contributed by atoms with Gasteiger partial charge in [-0.2, -0.15) is 0 Å². The molecule has 3 heterocycles. The van der Waals surface area contributed by atoms with Crippen LogP contribution in [0.25, 0.3) is 0 Å². The van der Waals surface area contributed by atoms with Crippen LogP contribution >= 0.6 is 0 Å². The molecule has 8 aliphatic rings. The Bertz CT molecular complexity index is 2790. The van der Waals surface area contributed by atoms with Gasteiger partial charge in [-0.05, 0) is 157 Å². The van der Waals surface area contributed by atoms with Crippen molar-refractivity contribution in [2.75, 3.05) is 13.2 Å². The van der Waals surface area contributed by atoms with E-state index < -0.39 is 48.7 Å². The van der Waals surface area contributed by atoms with E-state index in [0.717, 1.165) is 68.1 Å². The van der Waals surface area contributed by atoms with Crippen molar-refractivity contribution in [3.8, 4) is 0 Å². The zero-order chi connectivity index (χ0) is 60.4. The number of allylic oxidation sites excluding steroid dienone is 2. The highest BCUT2D eigenvalue weighted by Crippen LogP contribution is 2.77. The molecule has 0 radical (unpaired) electrons. The van der Waals surface area contributed by atoms with E-state index >= 15 is 0 Å². The number of benzene rings is 3. The molecule has 10 nitrogen and oxygen atoms in total. The lowest BCUT2D eigenvalue weighted by Crippen LogP contribution is -2.67. The third-order valence-electron chi connectivity index (χ3n) is 25.7. The second-order valence-electron chi connectivity index (χ2n) is 30.8. The van der Waals surface area contributed by atoms with Gasteiger partial charge < -0.3 is 42.7 Å². The smallest absolute Gasteiger partial charge is 0.187 e. The average Bonchev–Trinajstić information content (AvgIpc) is 0.802. The molecule has 7 fully saturated rings. The van der Waals surface area contributed by atoms with Gasteiger partial charge in [-0.25, -0.2) is 0 Å². The van der Waals surface area contributed by atoms with E-state index in [0.29, 0.717) is 68.7 Å². The zero-order valence-electron chi connectivity index (χ0n) is 54.3. The molecule has 3 aliphatic heterocycles. The van der Waals surface area contributed by atoms with Gasteiger partial charge in [-0.3, -0.25) is 4.79 Å². The highest BCUT2D eigenvalue weighted by Gasteiger charge is 2.71. The Balaban J connectivity index is 0.946. The molecular weight excluding hydrogens is 1060 g/mol. The largest absolute Gasteiger partial charge is 0.374 e. The van der Waals surface area contributed by atoms with Crippen molar-refractivity contribution < 1.29 is 47.5 Å². The highest BCUT2D eigenvalue weighted by molar-refractivity contribution is 5.84. The van der Waals surface area contributed by atoms with Crippen molar-refractivity contribution in [2.24, 2.45) is 91.7 Å². The van der Waals surface area contributed by atoms with Gasteiger partial charge in [0.2, 0.25) is 0 Å². The molecule has 3 saturated heterocycles. The molecular formula is C75H106O10. The summed E-state index contributed by atoms with van der Waals surface area (Å²) in [6.07, 6.45) is 7.97. The fraction of sp³-hybridized carbons (Fsp3) is 0.707. The summed E-state index contributed by atoms with van der Waals surface area (Å²) in [5.74, 6) is 2.10. The summed E-state index contributed by atoms with van der Waals surface area (Å²) < 4.78 is 58.0. The van der Waals surface area contributed by atoms with E-state index in [1.165, 1.54) is 6.29 Å². The predicted octanol–water partition coefficient (Wildman–Crippen LogP) is 15.6. The number of carbonyl (C=O) groups is 2. The minimum Gasteiger partial charge on any atom is -0.374 e. The zero-order valence-corrected chi connectivity index (χ0v) is 54.3. The summed E-state index contributed by atoms with van der Waals surface area (Å²) in [5, 5.41) is 0. The average molecular weight is 1170 g/mol. The van der Waals surface area contributed by atoms with Crippen LogP contribution in [0.2, 0.25) is 0 Å². The first kappa shape index (κ1) is 63.0. The van der Waals surface area contributed by atoms with E-state index in [2.05, 4.69) is 151 Å². The van der Waals surface area contributed by atoms with E-state index in [1.807, 2.05) is 43.3 Å². The fourth-order valence-corrected chi connectivity index (χ4v) is 19.5. The molecule has 9 unspecified atom stereocenters. The lowest BCUT2D eigenvalue weighted by atomic mass is 9.32. The van der Waals surface area contributed by atoms with E-state index in [9.17, 15) is 9.59 Å². The van der Waals surface area contributed by atoms with Crippen LogP contribution in [0.15, 0.2) is 103 Å². The number of Topliss-reactive ketones (excluding diaryl/α,β-unsaturated/α-hetero) is 1. The van der Waals surface area contributed by atoms with Crippen molar-refractivity contribution in [3.05, 3.63) is 119 Å². The van der Waals surface area contributed by atoms with Crippen LogP contribution in [0.5, 0.6) is 0 Å². The predicted molar refractivity (Wildman–Crippen MR) is 333 cm³/mol. The first-order valence-electron chi connectivity index (χ1n) is 33.4. The SMILES string of the molecule is CC(=O)[C@]12CCC(C)(C)CC1C1=CCC3C4(C)CC[C@H](O[C@@H]5OC(Cc6ccccc6)[C@H](C)[C@H](O[C@@H]6OC[C@H](C)[C@H](C)C6C)C5O[C@@H]5OC(COCc6ccccc6)[C@H](C)[C@H](C)C5OCc5ccccc5)[C@](C)(C=O)[C@@H]4CC[C@]3(C)[C@]1(C)CC2C. The molecule has 3 aromatic carbocycles. The summed E-state index contributed by atoms with van der Waals surface area (Å²) in [4.78, 5) is 28.7. The molecule has 0 spiro atoms. The van der Waals surface area contributed by atoms with Crippen LogP contribution in [0.3, 0.4) is 0 Å². The fourth-order valence-electron chi connectivity index (χ4n) is 19.5. The molecule has 85 heavy (non-hydrogen) atoms. The van der Waals surface area contributed by atoms with Crippen LogP contribution in [-0.2, 0) is 67.1 Å². The van der Waals surface area contributed by atoms with E-state index in [-0.39, 0.29) is 74.8 Å². The van der Waals surface area contributed by atoms with Crippen LogP contribution in [-0.4, -0.2) is 80.8 Å². The summed E-state index contributed by atoms with van der Waals surface area (Å²) in [6, 6.07) is 31.2. The Morgan fingerprint density at radius 1 is 0.612 bits per heavy atom. The summed E-state index contributed by atoms with van der Waals surface area (Å²) in [7, 11) is 0. The number of aldehydes is 1. The molecule has 4 saturated carbocycles. The lowest BCUT2D eigenvalue weighted by molar-refractivity contribution is -0.384. The number of ether oxygens (including phenoxy) is 8. The Morgan fingerprint density at radius 2 is 1.24 bits per heavy atom. The molecule has 0 amide bonds. The number of carbonyl (C=O) groups excluding carboxylic acids is 2. The minimum atomic E-state index is -0.947. The number of fused-ring (bicyclic) bond motifs is 7. The molecule has 0 N–H and O–H groups in total. The van der Waals surface area contributed by atoms with E-state index in [1.54, 1.807) is 5.57 Å². The van der Waals surface area contributed by atoms with E-state index in [4.69, 9.17) is 37.9 Å². The summed E-state index contributed by atoms with van der Waals surface area (Å²) >= 11 is 0. The van der Waals surface area contributed by atoms with Gasteiger partial charge in [0.1, 0.15) is 24.3 Å². The summed E-state index contributed by atoms with van der Waals surface area (Å²) in [6.45, 7) is 34.5. The number of ketones is 1. The van der Waals surface area contributed by atoms with Crippen molar-refractivity contribution in [2.45, 2.75) is 230 Å². The monoisotopic (exact) mass is 1170 g/mol. The maximum atomic E-state index is 14.6. The maximum absolute atomic E-state index is 14.6. The molecule has 3 aromatic rings. The third-order valence-corrected chi connectivity index (χ3v) is 25.7. The van der Waals surface area contributed by atoms with Gasteiger partial charge in [0.25, 0.3) is 0 Å². The first-order chi connectivity index (χ1) is 40.5. The number of hydrogen-bond donors (Lipinski definition) is 0. The van der Waals surface area contributed by atoms with Crippen LogP contribution in [0.4, 0.5) is 0 Å². The molecule has 0 bridgehead atoms. The maximum Gasteiger partial charge on any atom is 0.187 e. The Hall–Kier alpha value is -3.58. The van der Waals surface area contributed by atoms with Gasteiger partial charge >= 0.3 is 0 Å². The highest BCUT2D eigenvalue weighted by atomic mass is 16.8. The third kappa shape index (κ3) is 11.4. The molecule has 10 heteroatoms. The lowest BCUT2D eigenvalue weighted by Gasteiger charge is -2.72. The Kier molecular flexibility index (Phi) is 18.3. The first-order valence-corrected chi connectivity index (χ1v) is 33.4. The van der Waals surface area contributed by atoms with Crippen molar-refractivity contribution in [3.63, 3.8) is 0 Å². The standard InChI is InChI=1S/C75H106O10/c1-46-41-80-67(51(6)48(46)3)84-64-52(7)59(38-54-24-18-15-19-25-54)81-69(66(64)85-68-65(79-43-56-28-22-17-23-29-56)50(5)49(4)60(82-68)44-78-42-55-26-20-16-21-27-55)83-63-33-34-71(11)61(72(63,12)45-76)32-35-73(13)62(71)31-30-57-58-40-70(9,10)36-37-75(58,53(8)77)47(2)39-74(57,73)14/h15-30,45-52,58-69H,31-44H2,1-14H3/t46-,47?,48-,49+,50-,51?,52-,58?,59?,60?,61+,62?,63-,64-,65?,66?,67-,68-,69-,71?,72+,73-,74+,75+/m0/s1. The molecule has 11 rings (SSSR count). The molecule has 466 valence electrons. The second-order valence-corrected chi connectivity index (χ2v) is 30.8.